The Kier molecular flexibility index (Phi) is 5.28. The molecule has 3 rings (SSSR count). The molecule has 10 heteroatoms. The zero-order chi connectivity index (χ0) is 18.7. The summed E-state index contributed by atoms with van der Waals surface area (Å²) in [5.74, 6) is -2.02. The first-order chi connectivity index (χ1) is 12.4. The number of piperazine rings is 1. The van der Waals surface area contributed by atoms with Crippen molar-refractivity contribution in [2.45, 2.75) is 19.0 Å². The molecule has 142 valence electrons. The highest BCUT2D eigenvalue weighted by molar-refractivity contribution is 5.84. The lowest BCUT2D eigenvalue weighted by Crippen LogP contribution is -2.54. The van der Waals surface area contributed by atoms with E-state index in [1.165, 1.54) is 0 Å². The van der Waals surface area contributed by atoms with E-state index in [0.717, 1.165) is 4.90 Å². The Morgan fingerprint density at radius 2 is 1.65 bits per heavy atom. The normalized spacial score (nSPS) is 21.7. The Morgan fingerprint density at radius 3 is 2.27 bits per heavy atom. The number of carbonyl (C=O) groups excluding carboxylic acids is 2. The maximum absolute atomic E-state index is 12.7. The van der Waals surface area contributed by atoms with Crippen molar-refractivity contribution in [1.29, 1.82) is 0 Å². The molecule has 2 aliphatic heterocycles. The topological polar surface area (TPSA) is 69.6 Å². The number of halogens is 3. The number of nitrogens with zero attached hydrogens (tertiary/aromatic N) is 5. The molecule has 0 N–H and O–H groups in total. The van der Waals surface area contributed by atoms with Crippen molar-refractivity contribution < 1.29 is 22.8 Å². The molecular formula is C16H20F3N5O2. The van der Waals surface area contributed by atoms with Gasteiger partial charge in [0.25, 0.3) is 0 Å². The zero-order valence-corrected chi connectivity index (χ0v) is 14.2. The second-order valence-corrected chi connectivity index (χ2v) is 6.45. The van der Waals surface area contributed by atoms with Crippen molar-refractivity contribution in [3.63, 3.8) is 0 Å². The van der Waals surface area contributed by atoms with Crippen molar-refractivity contribution in [3.8, 4) is 0 Å². The lowest BCUT2D eigenvalue weighted by atomic mass is 9.96. The van der Waals surface area contributed by atoms with Gasteiger partial charge in [-0.25, -0.2) is 9.97 Å². The van der Waals surface area contributed by atoms with E-state index in [9.17, 15) is 22.8 Å². The van der Waals surface area contributed by atoms with Crippen LogP contribution in [-0.2, 0) is 9.59 Å². The SMILES string of the molecule is O=C(C1CCCN(C(=O)C(F)(F)F)C1)N1CCN(c2ncccn2)CC1. The quantitative estimate of drug-likeness (QED) is 0.774. The summed E-state index contributed by atoms with van der Waals surface area (Å²) in [5, 5.41) is 0. The van der Waals surface area contributed by atoms with E-state index >= 15 is 0 Å². The molecule has 1 unspecified atom stereocenters. The third kappa shape index (κ3) is 4.05. The molecular weight excluding hydrogens is 351 g/mol. The molecule has 26 heavy (non-hydrogen) atoms. The van der Waals surface area contributed by atoms with Crippen molar-refractivity contribution in [1.82, 2.24) is 19.8 Å². The fraction of sp³-hybridized carbons (Fsp3) is 0.625. The molecule has 3 heterocycles. The first-order valence-electron chi connectivity index (χ1n) is 8.53. The summed E-state index contributed by atoms with van der Waals surface area (Å²) in [7, 11) is 0. The first kappa shape index (κ1) is 18.4. The maximum Gasteiger partial charge on any atom is 0.471 e. The Bertz CT molecular complexity index is 647. The van der Waals surface area contributed by atoms with Crippen LogP contribution < -0.4 is 4.90 Å². The van der Waals surface area contributed by atoms with Gasteiger partial charge in [-0.15, -0.1) is 0 Å². The van der Waals surface area contributed by atoms with Crippen LogP contribution in [0.1, 0.15) is 12.8 Å². The standard InChI is InChI=1S/C16H20F3N5O2/c17-16(18,19)14(26)24-6-1-3-12(11-24)13(25)22-7-9-23(10-8-22)15-20-4-2-5-21-15/h2,4-5,12H,1,3,6-11H2. The molecule has 0 aromatic carbocycles. The lowest BCUT2D eigenvalue weighted by molar-refractivity contribution is -0.187. The fourth-order valence-electron chi connectivity index (χ4n) is 3.38. The van der Waals surface area contributed by atoms with Gasteiger partial charge in [0.1, 0.15) is 0 Å². The van der Waals surface area contributed by atoms with Crippen molar-refractivity contribution in [2.24, 2.45) is 5.92 Å². The second-order valence-electron chi connectivity index (χ2n) is 6.45. The summed E-state index contributed by atoms with van der Waals surface area (Å²) in [4.78, 5) is 36.8. The minimum absolute atomic E-state index is 0.0429. The van der Waals surface area contributed by atoms with Crippen LogP contribution in [0, 0.1) is 5.92 Å². The van der Waals surface area contributed by atoms with Gasteiger partial charge in [0, 0.05) is 51.7 Å². The van der Waals surface area contributed by atoms with Gasteiger partial charge in [-0.2, -0.15) is 13.2 Å². The van der Waals surface area contributed by atoms with Crippen LogP contribution in [0.3, 0.4) is 0 Å². The highest BCUT2D eigenvalue weighted by Crippen LogP contribution is 2.25. The van der Waals surface area contributed by atoms with Crippen LogP contribution in [0.4, 0.5) is 19.1 Å². The van der Waals surface area contributed by atoms with E-state index in [4.69, 9.17) is 0 Å². The van der Waals surface area contributed by atoms with Crippen LogP contribution >= 0.6 is 0 Å². The molecule has 2 aliphatic rings. The highest BCUT2D eigenvalue weighted by Gasteiger charge is 2.44. The summed E-state index contributed by atoms with van der Waals surface area (Å²) in [5.41, 5.74) is 0. The fourth-order valence-corrected chi connectivity index (χ4v) is 3.38. The number of aromatic nitrogens is 2. The van der Waals surface area contributed by atoms with Crippen LogP contribution in [0.25, 0.3) is 0 Å². The number of hydrogen-bond donors (Lipinski definition) is 0. The van der Waals surface area contributed by atoms with E-state index in [-0.39, 0.29) is 19.0 Å². The predicted molar refractivity (Wildman–Crippen MR) is 86.2 cm³/mol. The number of alkyl halides is 3. The van der Waals surface area contributed by atoms with Gasteiger partial charge in [0.05, 0.1) is 5.92 Å². The second kappa shape index (κ2) is 7.46. The summed E-state index contributed by atoms with van der Waals surface area (Å²) in [6, 6.07) is 1.72. The summed E-state index contributed by atoms with van der Waals surface area (Å²) < 4.78 is 37.9. The Hall–Kier alpha value is -2.39. The molecule has 7 nitrogen and oxygen atoms in total. The van der Waals surface area contributed by atoms with Crippen LogP contribution in [0.5, 0.6) is 0 Å². The third-order valence-electron chi connectivity index (χ3n) is 4.73. The summed E-state index contributed by atoms with van der Waals surface area (Å²) >= 11 is 0. The minimum Gasteiger partial charge on any atom is -0.339 e. The molecule has 0 aliphatic carbocycles. The highest BCUT2D eigenvalue weighted by atomic mass is 19.4. The van der Waals surface area contributed by atoms with Gasteiger partial charge >= 0.3 is 12.1 Å². The molecule has 1 aromatic rings. The average Bonchev–Trinajstić information content (AvgIpc) is 2.67. The number of likely N-dealkylation sites (tertiary alicyclic amines) is 1. The minimum atomic E-state index is -4.90. The van der Waals surface area contributed by atoms with Crippen LogP contribution in [-0.4, -0.2) is 77.0 Å². The van der Waals surface area contributed by atoms with Crippen molar-refractivity contribution in [3.05, 3.63) is 18.5 Å². The van der Waals surface area contributed by atoms with E-state index < -0.39 is 18.0 Å². The number of hydrogen-bond acceptors (Lipinski definition) is 5. The Morgan fingerprint density at radius 1 is 1.00 bits per heavy atom. The molecule has 2 fully saturated rings. The Labute approximate surface area is 148 Å². The summed E-state index contributed by atoms with van der Waals surface area (Å²) in [6.07, 6.45) is -0.701. The van der Waals surface area contributed by atoms with Crippen molar-refractivity contribution >= 4 is 17.8 Å². The van der Waals surface area contributed by atoms with Crippen molar-refractivity contribution in [2.75, 3.05) is 44.2 Å². The average molecular weight is 371 g/mol. The summed E-state index contributed by atoms with van der Waals surface area (Å²) in [6.45, 7) is 1.92. The number of anilines is 1. The monoisotopic (exact) mass is 371 g/mol. The van der Waals surface area contributed by atoms with Gasteiger partial charge in [-0.05, 0) is 18.9 Å². The smallest absolute Gasteiger partial charge is 0.339 e. The van der Waals surface area contributed by atoms with E-state index in [0.29, 0.717) is 45.0 Å². The van der Waals surface area contributed by atoms with Crippen LogP contribution in [0.15, 0.2) is 18.5 Å². The largest absolute Gasteiger partial charge is 0.471 e. The lowest BCUT2D eigenvalue weighted by Gasteiger charge is -2.39. The molecule has 0 spiro atoms. The number of amides is 2. The van der Waals surface area contributed by atoms with Crippen LogP contribution in [0.2, 0.25) is 0 Å². The van der Waals surface area contributed by atoms with Gasteiger partial charge in [0.2, 0.25) is 11.9 Å². The van der Waals surface area contributed by atoms with E-state index in [1.54, 1.807) is 23.4 Å². The molecule has 2 amide bonds. The molecule has 2 saturated heterocycles. The van der Waals surface area contributed by atoms with Gasteiger partial charge in [-0.3, -0.25) is 9.59 Å². The predicted octanol–water partition coefficient (Wildman–Crippen LogP) is 0.926. The number of piperidine rings is 1. The zero-order valence-electron chi connectivity index (χ0n) is 14.2. The molecule has 1 atom stereocenters. The maximum atomic E-state index is 12.7. The third-order valence-corrected chi connectivity index (χ3v) is 4.73. The van der Waals surface area contributed by atoms with E-state index in [1.807, 2.05) is 4.90 Å². The molecule has 0 saturated carbocycles. The molecule has 0 radical (unpaired) electrons. The van der Waals surface area contributed by atoms with Gasteiger partial charge in [0.15, 0.2) is 0 Å². The number of rotatable bonds is 2. The number of carbonyl (C=O) groups is 2. The van der Waals surface area contributed by atoms with Gasteiger partial charge in [-0.1, -0.05) is 0 Å². The molecule has 0 bridgehead atoms. The van der Waals surface area contributed by atoms with E-state index in [2.05, 4.69) is 9.97 Å². The molecule has 1 aromatic heterocycles. The first-order valence-corrected chi connectivity index (χ1v) is 8.53. The van der Waals surface area contributed by atoms with Gasteiger partial charge < -0.3 is 14.7 Å². The Balaban J connectivity index is 1.56.